The predicted molar refractivity (Wildman–Crippen MR) is 83.3 cm³/mol. The lowest BCUT2D eigenvalue weighted by molar-refractivity contribution is 0.142. The summed E-state index contributed by atoms with van der Waals surface area (Å²) in [5, 5.41) is 11.4. The van der Waals surface area contributed by atoms with Gasteiger partial charge in [-0.3, -0.25) is 4.98 Å². The lowest BCUT2D eigenvalue weighted by atomic mass is 10.0. The van der Waals surface area contributed by atoms with Crippen LogP contribution < -0.4 is 4.74 Å². The van der Waals surface area contributed by atoms with E-state index in [2.05, 4.69) is 4.98 Å². The molecule has 0 fully saturated rings. The maximum absolute atomic E-state index is 10.4. The van der Waals surface area contributed by atoms with Gasteiger partial charge in [0.1, 0.15) is 5.75 Å². The molecule has 1 aromatic heterocycles. The first-order valence-corrected chi connectivity index (χ1v) is 7.04. The Balaban J connectivity index is 1.68. The molecule has 21 heavy (non-hydrogen) atoms. The number of para-hydroxylation sites is 2. The number of hydrogen-bond donors (Lipinski definition) is 1. The molecular weight excluding hydrogens is 262 g/mol. The van der Waals surface area contributed by atoms with Crippen molar-refractivity contribution in [3.8, 4) is 5.75 Å². The van der Waals surface area contributed by atoms with Crippen molar-refractivity contribution >= 4 is 10.9 Å². The van der Waals surface area contributed by atoms with Gasteiger partial charge in [0.15, 0.2) is 0 Å². The summed E-state index contributed by atoms with van der Waals surface area (Å²) in [6, 6.07) is 19.4. The van der Waals surface area contributed by atoms with Gasteiger partial charge < -0.3 is 9.84 Å². The zero-order chi connectivity index (χ0) is 14.5. The van der Waals surface area contributed by atoms with E-state index in [1.807, 2.05) is 60.7 Å². The maximum Gasteiger partial charge on any atom is 0.119 e. The number of aliphatic hydroxyl groups excluding tert-OH is 1. The summed E-state index contributed by atoms with van der Waals surface area (Å²) < 4.78 is 5.63. The second-order valence-electron chi connectivity index (χ2n) is 4.89. The van der Waals surface area contributed by atoms with E-state index in [-0.39, 0.29) is 0 Å². The van der Waals surface area contributed by atoms with Crippen LogP contribution in [0.2, 0.25) is 0 Å². The highest BCUT2D eigenvalue weighted by Crippen LogP contribution is 2.24. The number of fused-ring (bicyclic) bond motifs is 1. The molecule has 0 aliphatic rings. The van der Waals surface area contributed by atoms with Crippen LogP contribution >= 0.6 is 0 Å². The standard InChI is InChI=1S/C18H17NO2/c20-17(11-13-21-15-8-2-1-3-9-15)16-10-4-6-14-7-5-12-19-18(14)16/h1-10,12,17,20H,11,13H2. The van der Waals surface area contributed by atoms with Crippen LogP contribution in [0.25, 0.3) is 10.9 Å². The molecule has 3 heteroatoms. The molecule has 1 atom stereocenters. The molecule has 3 rings (SSSR count). The van der Waals surface area contributed by atoms with Crippen LogP contribution in [0, 0.1) is 0 Å². The second kappa shape index (κ2) is 6.37. The number of hydrogen-bond acceptors (Lipinski definition) is 3. The molecule has 0 aliphatic heterocycles. The molecule has 0 saturated carbocycles. The van der Waals surface area contributed by atoms with E-state index in [0.29, 0.717) is 13.0 Å². The predicted octanol–water partition coefficient (Wildman–Crippen LogP) is 3.74. The van der Waals surface area contributed by atoms with Gasteiger partial charge in [-0.15, -0.1) is 0 Å². The lowest BCUT2D eigenvalue weighted by Crippen LogP contribution is -2.06. The number of rotatable bonds is 5. The first kappa shape index (κ1) is 13.6. The van der Waals surface area contributed by atoms with E-state index < -0.39 is 6.10 Å². The minimum atomic E-state index is -0.577. The Kier molecular flexibility index (Phi) is 4.12. The zero-order valence-electron chi connectivity index (χ0n) is 11.6. The molecule has 1 N–H and O–H groups in total. The molecule has 0 amide bonds. The van der Waals surface area contributed by atoms with Gasteiger partial charge in [-0.05, 0) is 18.2 Å². The fourth-order valence-corrected chi connectivity index (χ4v) is 2.36. The summed E-state index contributed by atoms with van der Waals surface area (Å²) in [6.07, 6.45) is 1.70. The van der Waals surface area contributed by atoms with Gasteiger partial charge in [-0.25, -0.2) is 0 Å². The summed E-state index contributed by atoms with van der Waals surface area (Å²) in [5.74, 6) is 0.820. The Morgan fingerprint density at radius 3 is 2.62 bits per heavy atom. The third-order valence-corrected chi connectivity index (χ3v) is 3.43. The molecule has 106 valence electrons. The summed E-state index contributed by atoms with van der Waals surface area (Å²) in [6.45, 7) is 0.467. The summed E-state index contributed by atoms with van der Waals surface area (Å²) in [7, 11) is 0. The van der Waals surface area contributed by atoms with Crippen molar-refractivity contribution in [3.05, 3.63) is 72.4 Å². The minimum absolute atomic E-state index is 0.467. The Morgan fingerprint density at radius 2 is 1.76 bits per heavy atom. The third-order valence-electron chi connectivity index (χ3n) is 3.43. The van der Waals surface area contributed by atoms with Crippen molar-refractivity contribution in [2.24, 2.45) is 0 Å². The van der Waals surface area contributed by atoms with Gasteiger partial charge >= 0.3 is 0 Å². The van der Waals surface area contributed by atoms with Crippen LogP contribution in [0.1, 0.15) is 18.1 Å². The molecule has 2 aromatic carbocycles. The van der Waals surface area contributed by atoms with Crippen molar-refractivity contribution in [1.29, 1.82) is 0 Å². The number of aliphatic hydroxyl groups is 1. The number of aromatic nitrogens is 1. The molecule has 1 heterocycles. The van der Waals surface area contributed by atoms with Gasteiger partial charge in [0.2, 0.25) is 0 Å². The zero-order valence-corrected chi connectivity index (χ0v) is 11.6. The molecular formula is C18H17NO2. The molecule has 3 nitrogen and oxygen atoms in total. The number of nitrogens with zero attached hydrogens (tertiary/aromatic N) is 1. The van der Waals surface area contributed by atoms with Crippen molar-refractivity contribution in [2.45, 2.75) is 12.5 Å². The molecule has 0 saturated heterocycles. The third kappa shape index (κ3) is 3.20. The fraction of sp³-hybridized carbons (Fsp3) is 0.167. The van der Waals surface area contributed by atoms with Gasteiger partial charge in [-0.1, -0.05) is 42.5 Å². The lowest BCUT2D eigenvalue weighted by Gasteiger charge is -2.13. The summed E-state index contributed by atoms with van der Waals surface area (Å²) in [4.78, 5) is 4.37. The number of benzene rings is 2. The van der Waals surface area contributed by atoms with E-state index in [0.717, 1.165) is 22.2 Å². The van der Waals surface area contributed by atoms with Gasteiger partial charge in [0.25, 0.3) is 0 Å². The van der Waals surface area contributed by atoms with Crippen molar-refractivity contribution < 1.29 is 9.84 Å². The van der Waals surface area contributed by atoms with Crippen molar-refractivity contribution in [3.63, 3.8) is 0 Å². The smallest absolute Gasteiger partial charge is 0.119 e. The van der Waals surface area contributed by atoms with E-state index in [9.17, 15) is 5.11 Å². The highest BCUT2D eigenvalue weighted by molar-refractivity contribution is 5.81. The Hall–Kier alpha value is -2.39. The Bertz CT molecular complexity index is 707. The average Bonchev–Trinajstić information content (AvgIpc) is 2.55. The van der Waals surface area contributed by atoms with E-state index in [1.54, 1.807) is 6.20 Å². The van der Waals surface area contributed by atoms with Crippen LogP contribution in [-0.4, -0.2) is 16.7 Å². The minimum Gasteiger partial charge on any atom is -0.493 e. The molecule has 1 unspecified atom stereocenters. The maximum atomic E-state index is 10.4. The highest BCUT2D eigenvalue weighted by atomic mass is 16.5. The van der Waals surface area contributed by atoms with Crippen molar-refractivity contribution in [1.82, 2.24) is 4.98 Å². The van der Waals surface area contributed by atoms with Crippen LogP contribution in [0.15, 0.2) is 66.9 Å². The van der Waals surface area contributed by atoms with Crippen LogP contribution in [0.4, 0.5) is 0 Å². The molecule has 0 radical (unpaired) electrons. The molecule has 0 aliphatic carbocycles. The number of ether oxygens (including phenoxy) is 1. The Morgan fingerprint density at radius 1 is 0.952 bits per heavy atom. The Labute approximate surface area is 123 Å². The second-order valence-corrected chi connectivity index (χ2v) is 4.89. The first-order chi connectivity index (χ1) is 10.3. The fourth-order valence-electron chi connectivity index (χ4n) is 2.36. The quantitative estimate of drug-likeness (QED) is 0.773. The molecule has 3 aromatic rings. The normalized spacial score (nSPS) is 12.2. The SMILES string of the molecule is OC(CCOc1ccccc1)c1cccc2cccnc12. The highest BCUT2D eigenvalue weighted by Gasteiger charge is 2.12. The summed E-state index contributed by atoms with van der Waals surface area (Å²) >= 11 is 0. The topological polar surface area (TPSA) is 42.4 Å². The van der Waals surface area contributed by atoms with E-state index in [1.165, 1.54) is 0 Å². The first-order valence-electron chi connectivity index (χ1n) is 7.04. The van der Waals surface area contributed by atoms with Crippen LogP contribution in [-0.2, 0) is 0 Å². The van der Waals surface area contributed by atoms with Gasteiger partial charge in [0, 0.05) is 23.6 Å². The number of pyridine rings is 1. The largest absolute Gasteiger partial charge is 0.493 e. The van der Waals surface area contributed by atoms with Crippen LogP contribution in [0.3, 0.4) is 0 Å². The van der Waals surface area contributed by atoms with Gasteiger partial charge in [0.05, 0.1) is 18.2 Å². The van der Waals surface area contributed by atoms with E-state index in [4.69, 9.17) is 4.74 Å². The molecule has 0 spiro atoms. The van der Waals surface area contributed by atoms with Gasteiger partial charge in [-0.2, -0.15) is 0 Å². The van der Waals surface area contributed by atoms with E-state index >= 15 is 0 Å². The van der Waals surface area contributed by atoms with Crippen LogP contribution in [0.5, 0.6) is 5.75 Å². The summed E-state index contributed by atoms with van der Waals surface area (Å²) in [5.41, 5.74) is 1.71. The average molecular weight is 279 g/mol. The monoisotopic (exact) mass is 279 g/mol. The van der Waals surface area contributed by atoms with Crippen molar-refractivity contribution in [2.75, 3.05) is 6.61 Å². The molecule has 0 bridgehead atoms.